The van der Waals surface area contributed by atoms with Crippen LogP contribution in [-0.2, 0) is 11.2 Å². The number of aliphatic carboxylic acids is 1. The number of rotatable bonds is 4. The molecule has 0 amide bonds. The van der Waals surface area contributed by atoms with E-state index in [0.717, 1.165) is 31.5 Å². The van der Waals surface area contributed by atoms with E-state index in [1.54, 1.807) is 24.3 Å². The van der Waals surface area contributed by atoms with Crippen LogP contribution in [0.1, 0.15) is 24.8 Å². The van der Waals surface area contributed by atoms with Crippen LogP contribution in [0.5, 0.6) is 5.75 Å². The first-order valence-electron chi connectivity index (χ1n) is 6.86. The zero-order chi connectivity index (χ0) is 13.9. The minimum Gasteiger partial charge on any atom is -0.508 e. The Morgan fingerprint density at radius 1 is 1.21 bits per heavy atom. The third kappa shape index (κ3) is 3.26. The number of nitrogens with zero attached hydrogens (tertiary/aromatic N) is 1. The minimum absolute atomic E-state index is 0.217. The van der Waals surface area contributed by atoms with Gasteiger partial charge >= 0.3 is 5.97 Å². The maximum Gasteiger partial charge on any atom is 0.362 e. The maximum atomic E-state index is 11.6. The van der Waals surface area contributed by atoms with Crippen LogP contribution in [0.2, 0.25) is 0 Å². The molecule has 0 spiro atoms. The minimum atomic E-state index is -0.725. The number of carbonyl (C=O) groups is 1. The lowest BCUT2D eigenvalue weighted by Gasteiger charge is -2.42. The Morgan fingerprint density at radius 2 is 1.79 bits per heavy atom. The number of likely N-dealkylation sites (tertiary alicyclic amines) is 1. The van der Waals surface area contributed by atoms with Crippen molar-refractivity contribution in [3.05, 3.63) is 29.8 Å². The summed E-state index contributed by atoms with van der Waals surface area (Å²) in [5.41, 5.74) is 0.968. The van der Waals surface area contributed by atoms with Crippen LogP contribution in [0.25, 0.3) is 0 Å². The van der Waals surface area contributed by atoms with Crippen molar-refractivity contribution in [2.24, 2.45) is 0 Å². The molecule has 4 nitrogen and oxygen atoms in total. The van der Waals surface area contributed by atoms with Crippen molar-refractivity contribution in [3.8, 4) is 5.75 Å². The predicted molar refractivity (Wildman–Crippen MR) is 73.0 cm³/mol. The summed E-state index contributed by atoms with van der Waals surface area (Å²) in [6.45, 7) is 1.88. The Kier molecular flexibility index (Phi) is 4.10. The van der Waals surface area contributed by atoms with Crippen LogP contribution >= 0.6 is 0 Å². The number of hydrogen-bond acceptors (Lipinski definition) is 2. The molecule has 1 saturated heterocycles. The number of quaternary nitrogens is 1. The third-order valence-corrected chi connectivity index (χ3v) is 4.24. The monoisotopic (exact) mass is 264 g/mol. The number of phenols is 1. The normalized spacial score (nSPS) is 19.8. The number of carboxylic acid groups (broad SMARTS) is 1. The highest BCUT2D eigenvalue weighted by Crippen LogP contribution is 2.23. The van der Waals surface area contributed by atoms with Gasteiger partial charge in [-0.05, 0) is 37.0 Å². The van der Waals surface area contributed by atoms with Gasteiger partial charge in [0.05, 0.1) is 20.1 Å². The van der Waals surface area contributed by atoms with Crippen LogP contribution in [0, 0.1) is 0 Å². The summed E-state index contributed by atoms with van der Waals surface area (Å²) in [6.07, 6.45) is 3.94. The van der Waals surface area contributed by atoms with Crippen molar-refractivity contribution >= 4 is 5.97 Å². The number of likely N-dealkylation sites (N-methyl/N-ethyl adjacent to an activating group) is 1. The van der Waals surface area contributed by atoms with E-state index in [1.165, 1.54) is 6.42 Å². The van der Waals surface area contributed by atoms with Crippen LogP contribution in [0.3, 0.4) is 0 Å². The Balaban J connectivity index is 2.16. The van der Waals surface area contributed by atoms with Gasteiger partial charge in [-0.3, -0.25) is 0 Å². The number of hydrogen-bond donors (Lipinski definition) is 2. The smallest absolute Gasteiger partial charge is 0.362 e. The molecule has 2 rings (SSSR count). The quantitative estimate of drug-likeness (QED) is 0.818. The maximum absolute atomic E-state index is 11.6. The SMILES string of the molecule is C[N+]1(C(Cc2ccc(O)cc2)C(=O)O)CCCCC1. The van der Waals surface area contributed by atoms with E-state index in [9.17, 15) is 15.0 Å². The average molecular weight is 264 g/mol. The van der Waals surface area contributed by atoms with E-state index in [2.05, 4.69) is 7.05 Å². The van der Waals surface area contributed by atoms with Crippen molar-refractivity contribution in [2.45, 2.75) is 31.7 Å². The zero-order valence-electron chi connectivity index (χ0n) is 11.4. The van der Waals surface area contributed by atoms with Gasteiger partial charge in [0.1, 0.15) is 5.75 Å². The summed E-state index contributed by atoms with van der Waals surface area (Å²) < 4.78 is 0.621. The fourth-order valence-corrected chi connectivity index (χ4v) is 2.98. The molecular formula is C15H22NO3+. The standard InChI is InChI=1S/C15H21NO3/c1-16(9-3-2-4-10-16)14(15(18)19)11-12-5-7-13(17)8-6-12/h5-8,14H,2-4,9-11H2,1H3,(H-,17,18,19)/p+1. The van der Waals surface area contributed by atoms with E-state index in [0.29, 0.717) is 10.9 Å². The van der Waals surface area contributed by atoms with Gasteiger partial charge < -0.3 is 14.7 Å². The second kappa shape index (κ2) is 5.61. The molecular weight excluding hydrogens is 242 g/mol. The van der Waals surface area contributed by atoms with Gasteiger partial charge in [0.25, 0.3) is 0 Å². The first-order chi connectivity index (χ1) is 9.01. The summed E-state index contributed by atoms with van der Waals surface area (Å²) in [6, 6.07) is 6.45. The molecule has 1 heterocycles. The number of benzene rings is 1. The Labute approximate surface area is 113 Å². The van der Waals surface area contributed by atoms with E-state index in [-0.39, 0.29) is 5.75 Å². The molecule has 1 atom stereocenters. The molecule has 1 unspecified atom stereocenters. The number of piperidine rings is 1. The Bertz CT molecular complexity index is 435. The second-order valence-corrected chi connectivity index (χ2v) is 5.71. The highest BCUT2D eigenvalue weighted by Gasteiger charge is 2.39. The zero-order valence-corrected chi connectivity index (χ0v) is 11.4. The fourth-order valence-electron chi connectivity index (χ4n) is 2.98. The Hall–Kier alpha value is -1.55. The number of aromatic hydroxyl groups is 1. The van der Waals surface area contributed by atoms with Crippen molar-refractivity contribution in [1.82, 2.24) is 0 Å². The molecule has 4 heteroatoms. The summed E-state index contributed by atoms with van der Waals surface area (Å²) in [7, 11) is 2.05. The Morgan fingerprint density at radius 3 is 2.32 bits per heavy atom. The molecule has 104 valence electrons. The van der Waals surface area contributed by atoms with Crippen LogP contribution < -0.4 is 0 Å². The topological polar surface area (TPSA) is 57.5 Å². The highest BCUT2D eigenvalue weighted by molar-refractivity contribution is 5.72. The van der Waals surface area contributed by atoms with Crippen LogP contribution in [-0.4, -0.2) is 46.8 Å². The summed E-state index contributed by atoms with van der Waals surface area (Å²) >= 11 is 0. The number of phenolic OH excluding ortho intramolecular Hbond substituents is 1. The molecule has 0 radical (unpaired) electrons. The summed E-state index contributed by atoms with van der Waals surface area (Å²) in [5.74, 6) is -0.508. The molecule has 1 aliphatic heterocycles. The largest absolute Gasteiger partial charge is 0.508 e. The van der Waals surface area contributed by atoms with Gasteiger partial charge in [-0.1, -0.05) is 12.1 Å². The van der Waals surface area contributed by atoms with Crippen LogP contribution in [0.15, 0.2) is 24.3 Å². The molecule has 1 aromatic rings. The molecule has 1 fully saturated rings. The van der Waals surface area contributed by atoms with E-state index in [1.807, 2.05) is 0 Å². The summed E-state index contributed by atoms with van der Waals surface area (Å²) in [4.78, 5) is 11.6. The van der Waals surface area contributed by atoms with Gasteiger partial charge in [0, 0.05) is 6.42 Å². The van der Waals surface area contributed by atoms with Crippen molar-refractivity contribution < 1.29 is 19.5 Å². The lowest BCUT2D eigenvalue weighted by molar-refractivity contribution is -0.929. The van der Waals surface area contributed by atoms with E-state index >= 15 is 0 Å². The second-order valence-electron chi connectivity index (χ2n) is 5.71. The first kappa shape index (κ1) is 13.9. The van der Waals surface area contributed by atoms with Crippen molar-refractivity contribution in [2.75, 3.05) is 20.1 Å². The van der Waals surface area contributed by atoms with Gasteiger partial charge in [0.15, 0.2) is 6.04 Å². The molecule has 0 aliphatic carbocycles. The lowest BCUT2D eigenvalue weighted by atomic mass is 9.98. The van der Waals surface area contributed by atoms with Gasteiger partial charge in [-0.25, -0.2) is 4.79 Å². The van der Waals surface area contributed by atoms with E-state index in [4.69, 9.17) is 0 Å². The fraction of sp³-hybridized carbons (Fsp3) is 0.533. The summed E-state index contributed by atoms with van der Waals surface area (Å²) in [5, 5.41) is 18.8. The van der Waals surface area contributed by atoms with E-state index < -0.39 is 12.0 Å². The molecule has 1 aromatic carbocycles. The molecule has 1 aliphatic rings. The molecule has 0 aromatic heterocycles. The third-order valence-electron chi connectivity index (χ3n) is 4.24. The lowest BCUT2D eigenvalue weighted by Crippen LogP contribution is -2.59. The number of carboxylic acids is 1. The molecule has 19 heavy (non-hydrogen) atoms. The average Bonchev–Trinajstić information content (AvgIpc) is 2.38. The van der Waals surface area contributed by atoms with Gasteiger partial charge in [0.2, 0.25) is 0 Å². The van der Waals surface area contributed by atoms with Crippen molar-refractivity contribution in [3.63, 3.8) is 0 Å². The molecule has 0 saturated carbocycles. The van der Waals surface area contributed by atoms with Gasteiger partial charge in [-0.15, -0.1) is 0 Å². The van der Waals surface area contributed by atoms with Crippen LogP contribution in [0.4, 0.5) is 0 Å². The van der Waals surface area contributed by atoms with Gasteiger partial charge in [-0.2, -0.15) is 0 Å². The molecule has 0 bridgehead atoms. The highest BCUT2D eigenvalue weighted by atomic mass is 16.4. The first-order valence-corrected chi connectivity index (χ1v) is 6.86. The molecule has 2 N–H and O–H groups in total. The predicted octanol–water partition coefficient (Wildman–Crippen LogP) is 2.02. The van der Waals surface area contributed by atoms with Crippen molar-refractivity contribution in [1.29, 1.82) is 0 Å².